The number of hydrogen-bond acceptors (Lipinski definition) is 4. The van der Waals surface area contributed by atoms with Gasteiger partial charge in [0.05, 0.1) is 6.04 Å². The Morgan fingerprint density at radius 3 is 2.44 bits per heavy atom. The molecule has 0 fully saturated rings. The second-order valence-corrected chi connectivity index (χ2v) is 7.74. The van der Waals surface area contributed by atoms with Crippen molar-refractivity contribution in [2.24, 2.45) is 17.1 Å². The number of hydrogen-bond donors (Lipinski definition) is 1. The number of carbonyl (C=O) groups is 2. The van der Waals surface area contributed by atoms with Crippen LogP contribution in [0.5, 0.6) is 0 Å². The van der Waals surface area contributed by atoms with Crippen molar-refractivity contribution in [3.8, 4) is 0 Å². The summed E-state index contributed by atoms with van der Waals surface area (Å²) in [5, 5.41) is 0. The van der Waals surface area contributed by atoms with Crippen LogP contribution in [0.2, 0.25) is 0 Å². The highest BCUT2D eigenvalue weighted by Crippen LogP contribution is 2.44. The molecule has 1 aliphatic carbocycles. The van der Waals surface area contributed by atoms with E-state index in [2.05, 4.69) is 0 Å². The van der Waals surface area contributed by atoms with Gasteiger partial charge < -0.3 is 5.73 Å². The third-order valence-corrected chi connectivity index (χ3v) is 5.09. The molecule has 1 unspecified atom stereocenters. The van der Waals surface area contributed by atoms with Gasteiger partial charge in [0.1, 0.15) is 0 Å². The lowest BCUT2D eigenvalue weighted by atomic mass is 9.63. The predicted molar refractivity (Wildman–Crippen MR) is 110 cm³/mol. The third kappa shape index (κ3) is 5.83. The highest BCUT2D eigenvalue weighted by atomic mass is 16.1. The van der Waals surface area contributed by atoms with Crippen LogP contribution < -0.4 is 5.73 Å². The summed E-state index contributed by atoms with van der Waals surface area (Å²) in [5.41, 5.74) is 8.71. The van der Waals surface area contributed by atoms with Crippen molar-refractivity contribution in [2.75, 3.05) is 0 Å². The summed E-state index contributed by atoms with van der Waals surface area (Å²) in [6, 6.07) is -0.586. The van der Waals surface area contributed by atoms with Gasteiger partial charge in [0.2, 0.25) is 6.29 Å². The van der Waals surface area contributed by atoms with Gasteiger partial charge in [-0.15, -0.1) is 0 Å². The van der Waals surface area contributed by atoms with Gasteiger partial charge in [-0.05, 0) is 50.5 Å². The fourth-order valence-corrected chi connectivity index (χ4v) is 3.29. The van der Waals surface area contributed by atoms with Crippen molar-refractivity contribution in [3.05, 3.63) is 58.7 Å². The fourth-order valence-electron chi connectivity index (χ4n) is 3.29. The van der Waals surface area contributed by atoms with E-state index in [0.29, 0.717) is 5.57 Å². The van der Waals surface area contributed by atoms with E-state index in [0.717, 1.165) is 16.7 Å². The molecule has 0 aliphatic heterocycles. The Hall–Kier alpha value is -2.33. The van der Waals surface area contributed by atoms with E-state index in [9.17, 15) is 14.4 Å². The number of ketones is 2. The van der Waals surface area contributed by atoms with E-state index < -0.39 is 17.4 Å². The Kier molecular flexibility index (Phi) is 8.04. The molecular formula is C23H30NO3. The monoisotopic (exact) mass is 368 g/mol. The zero-order valence-electron chi connectivity index (χ0n) is 17.1. The molecule has 1 radical (unpaired) electrons. The summed E-state index contributed by atoms with van der Waals surface area (Å²) in [7, 11) is 0. The van der Waals surface area contributed by atoms with Crippen molar-refractivity contribution in [1.82, 2.24) is 0 Å². The minimum atomic E-state index is -0.586. The van der Waals surface area contributed by atoms with Crippen molar-refractivity contribution in [3.63, 3.8) is 0 Å². The second kappa shape index (κ2) is 9.56. The first-order chi connectivity index (χ1) is 12.5. The maximum atomic E-state index is 12.5. The van der Waals surface area contributed by atoms with Gasteiger partial charge >= 0.3 is 0 Å². The summed E-state index contributed by atoms with van der Waals surface area (Å²) >= 11 is 0. The zero-order chi connectivity index (χ0) is 20.8. The smallest absolute Gasteiger partial charge is 0.225 e. The molecule has 0 saturated heterocycles. The predicted octanol–water partition coefficient (Wildman–Crippen LogP) is 3.95. The molecule has 0 aromatic heterocycles. The van der Waals surface area contributed by atoms with Crippen LogP contribution in [0.15, 0.2) is 58.7 Å². The van der Waals surface area contributed by atoms with Gasteiger partial charge in [-0.25, -0.2) is 0 Å². The third-order valence-electron chi connectivity index (χ3n) is 5.09. The number of rotatable bonds is 7. The Balaban J connectivity index is 3.15. The molecule has 0 aromatic carbocycles. The molecule has 0 saturated carbocycles. The lowest BCUT2D eigenvalue weighted by Crippen LogP contribution is -2.44. The van der Waals surface area contributed by atoms with E-state index in [1.165, 1.54) is 6.08 Å². The van der Waals surface area contributed by atoms with Gasteiger partial charge in [0.25, 0.3) is 0 Å². The van der Waals surface area contributed by atoms with E-state index >= 15 is 0 Å². The van der Waals surface area contributed by atoms with Gasteiger partial charge in [-0.1, -0.05) is 49.8 Å². The van der Waals surface area contributed by atoms with Crippen LogP contribution in [0.4, 0.5) is 0 Å². The van der Waals surface area contributed by atoms with Crippen molar-refractivity contribution < 1.29 is 14.4 Å². The van der Waals surface area contributed by atoms with Crippen LogP contribution >= 0.6 is 0 Å². The number of nitrogens with two attached hydrogens (primary N) is 1. The Morgan fingerprint density at radius 1 is 1.26 bits per heavy atom. The van der Waals surface area contributed by atoms with Crippen molar-refractivity contribution in [2.45, 2.75) is 54.0 Å². The first-order valence-electron chi connectivity index (χ1n) is 9.13. The largest absolute Gasteiger partial charge is 0.322 e. The van der Waals surface area contributed by atoms with E-state index in [1.807, 2.05) is 65.0 Å². The topological polar surface area (TPSA) is 77.2 Å². The Bertz CT molecular complexity index is 758. The van der Waals surface area contributed by atoms with Gasteiger partial charge in [-0.2, -0.15) is 0 Å². The van der Waals surface area contributed by atoms with Crippen molar-refractivity contribution >= 4 is 17.9 Å². The average Bonchev–Trinajstić information content (AvgIpc) is 2.57. The number of allylic oxidation sites excluding steroid dienone is 10. The Morgan fingerprint density at radius 2 is 1.89 bits per heavy atom. The quantitative estimate of drug-likeness (QED) is 0.545. The molecule has 2 N–H and O–H groups in total. The van der Waals surface area contributed by atoms with Crippen LogP contribution in [-0.4, -0.2) is 23.9 Å². The number of Topliss-reactive ketones (excluding diaryl/α,β-unsaturated/α-hetero) is 2. The lowest BCUT2D eigenvalue weighted by Gasteiger charge is -2.40. The fraction of sp³-hybridized carbons (Fsp3) is 0.435. The molecule has 145 valence electrons. The van der Waals surface area contributed by atoms with E-state index in [1.54, 1.807) is 13.2 Å². The molecule has 0 spiro atoms. The molecule has 4 heteroatoms. The summed E-state index contributed by atoms with van der Waals surface area (Å²) in [4.78, 5) is 35.3. The first kappa shape index (κ1) is 22.7. The standard InChI is InChI=1S/C23H30NO3/c1-15(8-7-9-16(2)12-13-25)10-11-19-17(3)21(26)14-20(23(19,5)6)22(27)18(4)24/h7-12,18,20H,14,24H2,1-6H3/b9-7+,11-10+,15-8+,16-12+/t18-,20?/m0/s1. The molecule has 4 nitrogen and oxygen atoms in total. The van der Waals surface area contributed by atoms with Gasteiger partial charge in [0, 0.05) is 17.8 Å². The molecule has 27 heavy (non-hydrogen) atoms. The summed E-state index contributed by atoms with van der Waals surface area (Å²) < 4.78 is 0. The minimum Gasteiger partial charge on any atom is -0.322 e. The zero-order valence-corrected chi connectivity index (χ0v) is 17.1. The van der Waals surface area contributed by atoms with Crippen LogP contribution in [0.3, 0.4) is 0 Å². The highest BCUT2D eigenvalue weighted by molar-refractivity contribution is 6.02. The molecule has 0 amide bonds. The van der Waals surface area contributed by atoms with Crippen LogP contribution in [0.25, 0.3) is 0 Å². The van der Waals surface area contributed by atoms with Crippen LogP contribution in [0.1, 0.15) is 48.0 Å². The van der Waals surface area contributed by atoms with Crippen LogP contribution in [-0.2, 0) is 14.4 Å². The summed E-state index contributed by atoms with van der Waals surface area (Å²) in [6.45, 7) is 11.2. The number of carbonyl (C=O) groups excluding carboxylic acids is 3. The second-order valence-electron chi connectivity index (χ2n) is 7.74. The first-order valence-corrected chi connectivity index (χ1v) is 9.13. The molecule has 1 rings (SSSR count). The van der Waals surface area contributed by atoms with Crippen molar-refractivity contribution in [1.29, 1.82) is 0 Å². The minimum absolute atomic E-state index is 0.000350. The molecule has 0 aromatic rings. The van der Waals surface area contributed by atoms with Gasteiger partial charge in [-0.3, -0.25) is 14.4 Å². The Labute approximate surface area is 162 Å². The maximum absolute atomic E-state index is 12.5. The normalized spacial score (nSPS) is 22.6. The lowest BCUT2D eigenvalue weighted by molar-refractivity contribution is -0.131. The van der Waals surface area contributed by atoms with Crippen LogP contribution in [0, 0.1) is 11.3 Å². The summed E-state index contributed by atoms with van der Waals surface area (Å²) in [5.74, 6) is -0.485. The highest BCUT2D eigenvalue weighted by Gasteiger charge is 2.44. The molecular weight excluding hydrogens is 338 g/mol. The van der Waals surface area contributed by atoms with Gasteiger partial charge in [0.15, 0.2) is 11.6 Å². The maximum Gasteiger partial charge on any atom is 0.225 e. The van der Waals surface area contributed by atoms with E-state index in [-0.39, 0.29) is 18.0 Å². The summed E-state index contributed by atoms with van der Waals surface area (Å²) in [6.07, 6.45) is 12.8. The molecule has 0 bridgehead atoms. The molecule has 1 aliphatic rings. The van der Waals surface area contributed by atoms with E-state index in [4.69, 9.17) is 5.73 Å². The average molecular weight is 368 g/mol. The molecule has 2 atom stereocenters. The molecule has 0 heterocycles. The SMILES string of the molecule is CC1=C(/C=C/C(C)=C/C=C/C(C)=C/[C]=O)C(C)(C)C(C(=O)[C@H](C)N)CC1=O.